The van der Waals surface area contributed by atoms with Gasteiger partial charge in [0.25, 0.3) is 0 Å². The van der Waals surface area contributed by atoms with E-state index in [9.17, 15) is 4.79 Å². The van der Waals surface area contributed by atoms with Gasteiger partial charge in [0.2, 0.25) is 0 Å². The van der Waals surface area contributed by atoms with E-state index in [1.807, 2.05) is 88.7 Å². The van der Waals surface area contributed by atoms with Crippen LogP contribution in [-0.4, -0.2) is 23.7 Å². The number of hydrogen-bond donors (Lipinski definition) is 1. The van der Waals surface area contributed by atoms with E-state index >= 15 is 0 Å². The Kier molecular flexibility index (Phi) is 6.10. The second-order valence-electron chi connectivity index (χ2n) is 9.78. The maximum atomic E-state index is 12.2. The van der Waals surface area contributed by atoms with Crippen molar-refractivity contribution in [3.05, 3.63) is 90.8 Å². The standard InChI is InChI=1S/C30H29N3O3/c1-30(2,3)36-29(34)32-18-22-10-5-7-11-26(22)33(4)23-14-13-21-17-31-19-25(24(21)16-23)28-15-20-9-6-8-12-27(20)35-28/h5-17,19H,18H2,1-4H3,(H,32,34). The number of hydrogen-bond acceptors (Lipinski definition) is 5. The molecule has 6 heteroatoms. The van der Waals surface area contributed by atoms with Gasteiger partial charge in [-0.3, -0.25) is 4.98 Å². The van der Waals surface area contributed by atoms with E-state index in [0.717, 1.165) is 50.0 Å². The SMILES string of the molecule is CN(c1ccc2cncc(-c3cc4ccccc4o3)c2c1)c1ccccc1CNC(=O)OC(C)(C)C. The molecule has 36 heavy (non-hydrogen) atoms. The van der Waals surface area contributed by atoms with Gasteiger partial charge in [-0.1, -0.05) is 42.5 Å². The molecule has 5 rings (SSSR count). The van der Waals surface area contributed by atoms with E-state index in [1.54, 1.807) is 0 Å². The van der Waals surface area contributed by atoms with Crippen LogP contribution in [0.25, 0.3) is 33.1 Å². The molecule has 0 atom stereocenters. The summed E-state index contributed by atoms with van der Waals surface area (Å²) in [6.07, 6.45) is 3.28. The van der Waals surface area contributed by atoms with Crippen LogP contribution in [0.5, 0.6) is 0 Å². The number of pyridine rings is 1. The zero-order valence-electron chi connectivity index (χ0n) is 20.9. The number of ether oxygens (including phenoxy) is 1. The van der Waals surface area contributed by atoms with Gasteiger partial charge in [0.1, 0.15) is 16.9 Å². The van der Waals surface area contributed by atoms with Gasteiger partial charge in [-0.05, 0) is 62.1 Å². The Morgan fingerprint density at radius 2 is 1.75 bits per heavy atom. The van der Waals surface area contributed by atoms with Gasteiger partial charge >= 0.3 is 6.09 Å². The van der Waals surface area contributed by atoms with Crippen molar-refractivity contribution >= 4 is 39.2 Å². The molecule has 0 fully saturated rings. The zero-order chi connectivity index (χ0) is 25.3. The zero-order valence-corrected chi connectivity index (χ0v) is 20.9. The molecule has 0 unspecified atom stereocenters. The average Bonchev–Trinajstić information content (AvgIpc) is 3.30. The largest absolute Gasteiger partial charge is 0.456 e. The normalized spacial score (nSPS) is 11.6. The van der Waals surface area contributed by atoms with Crippen molar-refractivity contribution in [2.45, 2.75) is 32.9 Å². The van der Waals surface area contributed by atoms with Gasteiger partial charge < -0.3 is 19.4 Å². The van der Waals surface area contributed by atoms with Crippen LogP contribution in [0.15, 0.2) is 89.6 Å². The molecule has 0 spiro atoms. The van der Waals surface area contributed by atoms with E-state index in [0.29, 0.717) is 6.54 Å². The Balaban J connectivity index is 1.47. The van der Waals surface area contributed by atoms with Gasteiger partial charge in [-0.2, -0.15) is 0 Å². The highest BCUT2D eigenvalue weighted by molar-refractivity contribution is 5.98. The highest BCUT2D eigenvalue weighted by atomic mass is 16.6. The molecule has 0 radical (unpaired) electrons. The maximum Gasteiger partial charge on any atom is 0.407 e. The van der Waals surface area contributed by atoms with Crippen molar-refractivity contribution in [3.8, 4) is 11.3 Å². The minimum absolute atomic E-state index is 0.358. The summed E-state index contributed by atoms with van der Waals surface area (Å²) in [5.74, 6) is 0.788. The number of carbonyl (C=O) groups is 1. The number of amides is 1. The maximum absolute atomic E-state index is 12.2. The molecule has 1 N–H and O–H groups in total. The van der Waals surface area contributed by atoms with Crippen molar-refractivity contribution < 1.29 is 13.9 Å². The smallest absolute Gasteiger partial charge is 0.407 e. The lowest BCUT2D eigenvalue weighted by Gasteiger charge is -2.24. The number of alkyl carbamates (subject to hydrolysis) is 1. The second kappa shape index (κ2) is 9.38. The summed E-state index contributed by atoms with van der Waals surface area (Å²) in [6.45, 7) is 5.91. The number of carbonyl (C=O) groups excluding carboxylic acids is 1. The second-order valence-corrected chi connectivity index (χ2v) is 9.78. The summed E-state index contributed by atoms with van der Waals surface area (Å²) in [6, 6.07) is 24.4. The van der Waals surface area contributed by atoms with E-state index in [2.05, 4.69) is 39.5 Å². The average molecular weight is 480 g/mol. The molecule has 2 aromatic heterocycles. The first-order chi connectivity index (χ1) is 17.3. The fraction of sp³-hybridized carbons (Fsp3) is 0.200. The number of para-hydroxylation sites is 2. The predicted octanol–water partition coefficient (Wildman–Crippen LogP) is 7.44. The fourth-order valence-electron chi connectivity index (χ4n) is 4.28. The van der Waals surface area contributed by atoms with Crippen molar-refractivity contribution in [1.29, 1.82) is 0 Å². The Morgan fingerprint density at radius 1 is 0.972 bits per heavy atom. The Morgan fingerprint density at radius 3 is 2.56 bits per heavy atom. The lowest BCUT2D eigenvalue weighted by Crippen LogP contribution is -2.32. The molecule has 0 saturated heterocycles. The summed E-state index contributed by atoms with van der Waals surface area (Å²) in [4.78, 5) is 18.8. The van der Waals surface area contributed by atoms with E-state index in [4.69, 9.17) is 9.15 Å². The molecule has 182 valence electrons. The first-order valence-electron chi connectivity index (χ1n) is 11.9. The molecule has 1 amide bonds. The van der Waals surface area contributed by atoms with Crippen LogP contribution in [0.1, 0.15) is 26.3 Å². The molecular formula is C30H29N3O3. The molecule has 2 heterocycles. The summed E-state index contributed by atoms with van der Waals surface area (Å²) >= 11 is 0. The number of rotatable bonds is 5. The molecule has 0 aliphatic carbocycles. The monoisotopic (exact) mass is 479 g/mol. The van der Waals surface area contributed by atoms with Crippen LogP contribution >= 0.6 is 0 Å². The van der Waals surface area contributed by atoms with Crippen LogP contribution in [0.4, 0.5) is 16.2 Å². The third-order valence-corrected chi connectivity index (χ3v) is 6.00. The highest BCUT2D eigenvalue weighted by Gasteiger charge is 2.17. The summed E-state index contributed by atoms with van der Waals surface area (Å²) in [5.41, 5.74) is 4.24. The van der Waals surface area contributed by atoms with Crippen LogP contribution in [-0.2, 0) is 11.3 Å². The molecule has 0 aliphatic heterocycles. The van der Waals surface area contributed by atoms with E-state index in [-0.39, 0.29) is 0 Å². The number of fused-ring (bicyclic) bond motifs is 2. The topological polar surface area (TPSA) is 67.6 Å². The molecule has 0 bridgehead atoms. The minimum Gasteiger partial charge on any atom is -0.456 e. The number of benzene rings is 3. The number of furan rings is 1. The van der Waals surface area contributed by atoms with Crippen molar-refractivity contribution in [2.75, 3.05) is 11.9 Å². The lowest BCUT2D eigenvalue weighted by atomic mass is 10.0. The number of nitrogens with one attached hydrogen (secondary N) is 1. The van der Waals surface area contributed by atoms with Crippen LogP contribution in [0, 0.1) is 0 Å². The van der Waals surface area contributed by atoms with Crippen molar-refractivity contribution in [1.82, 2.24) is 10.3 Å². The number of anilines is 2. The van der Waals surface area contributed by atoms with Crippen molar-refractivity contribution in [2.24, 2.45) is 0 Å². The molecule has 0 aliphatic rings. The molecule has 3 aromatic carbocycles. The van der Waals surface area contributed by atoms with Gasteiger partial charge in [0, 0.05) is 53.7 Å². The third kappa shape index (κ3) is 4.89. The van der Waals surface area contributed by atoms with Crippen molar-refractivity contribution in [3.63, 3.8) is 0 Å². The van der Waals surface area contributed by atoms with Gasteiger partial charge in [0.05, 0.1) is 0 Å². The number of aromatic nitrogens is 1. The highest BCUT2D eigenvalue weighted by Crippen LogP contribution is 2.35. The van der Waals surface area contributed by atoms with Gasteiger partial charge in [-0.25, -0.2) is 4.79 Å². The minimum atomic E-state index is -0.544. The number of nitrogens with zero attached hydrogens (tertiary/aromatic N) is 2. The van der Waals surface area contributed by atoms with E-state index in [1.165, 1.54) is 0 Å². The first-order valence-corrected chi connectivity index (χ1v) is 11.9. The molecule has 6 nitrogen and oxygen atoms in total. The van der Waals surface area contributed by atoms with Crippen LogP contribution in [0.2, 0.25) is 0 Å². The lowest BCUT2D eigenvalue weighted by molar-refractivity contribution is 0.0523. The first kappa shape index (κ1) is 23.4. The Hall–Kier alpha value is -4.32. The van der Waals surface area contributed by atoms with Crippen LogP contribution in [0.3, 0.4) is 0 Å². The summed E-state index contributed by atoms with van der Waals surface area (Å²) < 4.78 is 11.5. The molecule has 0 saturated carbocycles. The third-order valence-electron chi connectivity index (χ3n) is 6.00. The molecular weight excluding hydrogens is 450 g/mol. The van der Waals surface area contributed by atoms with E-state index < -0.39 is 11.7 Å². The van der Waals surface area contributed by atoms with Gasteiger partial charge in [-0.15, -0.1) is 0 Å². The Labute approximate surface area is 210 Å². The summed E-state index contributed by atoms with van der Waals surface area (Å²) in [7, 11) is 2.02. The molecule has 5 aromatic rings. The summed E-state index contributed by atoms with van der Waals surface area (Å²) in [5, 5.41) is 6.01. The quantitative estimate of drug-likeness (QED) is 0.284. The van der Waals surface area contributed by atoms with Gasteiger partial charge in [0.15, 0.2) is 0 Å². The fourth-order valence-corrected chi connectivity index (χ4v) is 4.28. The Bertz CT molecular complexity index is 1520. The predicted molar refractivity (Wildman–Crippen MR) is 145 cm³/mol. The van der Waals surface area contributed by atoms with Crippen LogP contribution < -0.4 is 10.2 Å².